The zero-order valence-electron chi connectivity index (χ0n) is 11.4. The molecule has 0 heterocycles. The Hall–Kier alpha value is -0.480. The monoisotopic (exact) mass is 221 g/mol. The van der Waals surface area contributed by atoms with Gasteiger partial charge in [-0.05, 0) is 44.1 Å². The van der Waals surface area contributed by atoms with E-state index < -0.39 is 0 Å². The molecule has 1 aliphatic carbocycles. The van der Waals surface area contributed by atoms with Crippen molar-refractivity contribution >= 4 is 0 Å². The Bertz CT molecular complexity index is 256. The van der Waals surface area contributed by atoms with E-state index in [4.69, 9.17) is 0 Å². The van der Waals surface area contributed by atoms with Gasteiger partial charge in [0.25, 0.3) is 0 Å². The third-order valence-electron chi connectivity index (χ3n) is 3.98. The predicted octanol–water partition coefficient (Wildman–Crippen LogP) is 3.59. The highest BCUT2D eigenvalue weighted by Crippen LogP contribution is 2.44. The van der Waals surface area contributed by atoms with E-state index in [9.17, 15) is 0 Å². The van der Waals surface area contributed by atoms with Crippen LogP contribution >= 0.6 is 0 Å². The fraction of sp³-hybridized carbons (Fsp3) is 0.867. The van der Waals surface area contributed by atoms with Gasteiger partial charge in [-0.15, -0.1) is 11.8 Å². The summed E-state index contributed by atoms with van der Waals surface area (Å²) >= 11 is 0. The minimum absolute atomic E-state index is 0.501. The molecule has 16 heavy (non-hydrogen) atoms. The molecule has 0 spiro atoms. The Balaban J connectivity index is 2.61. The van der Waals surface area contributed by atoms with E-state index in [1.807, 2.05) is 6.92 Å². The summed E-state index contributed by atoms with van der Waals surface area (Å²) in [7, 11) is 0. The van der Waals surface area contributed by atoms with Crippen LogP contribution in [0.2, 0.25) is 0 Å². The molecule has 92 valence electrons. The van der Waals surface area contributed by atoms with E-state index in [2.05, 4.69) is 37.9 Å². The molecule has 2 unspecified atom stereocenters. The lowest BCUT2D eigenvalue weighted by Crippen LogP contribution is -2.41. The van der Waals surface area contributed by atoms with Crippen molar-refractivity contribution in [1.82, 2.24) is 5.32 Å². The summed E-state index contributed by atoms with van der Waals surface area (Å²) in [6.45, 7) is 10.1. The zero-order chi connectivity index (χ0) is 12.0. The zero-order valence-corrected chi connectivity index (χ0v) is 11.4. The Morgan fingerprint density at radius 2 is 2.19 bits per heavy atom. The highest BCUT2D eigenvalue weighted by Gasteiger charge is 2.38. The molecule has 0 aromatic rings. The lowest BCUT2D eigenvalue weighted by molar-refractivity contribution is 0.198. The van der Waals surface area contributed by atoms with Crippen LogP contribution < -0.4 is 5.32 Å². The highest BCUT2D eigenvalue weighted by molar-refractivity contribution is 5.02. The minimum Gasteiger partial charge on any atom is -0.313 e. The van der Waals surface area contributed by atoms with Crippen LogP contribution in [0.25, 0.3) is 0 Å². The summed E-state index contributed by atoms with van der Waals surface area (Å²) < 4.78 is 0. The molecule has 0 amide bonds. The van der Waals surface area contributed by atoms with Crippen LogP contribution in [0.15, 0.2) is 0 Å². The van der Waals surface area contributed by atoms with Crippen molar-refractivity contribution in [3.05, 3.63) is 0 Å². The lowest BCUT2D eigenvalue weighted by atomic mass is 9.76. The second kappa shape index (κ2) is 6.30. The van der Waals surface area contributed by atoms with Crippen LogP contribution in [0, 0.1) is 23.2 Å². The molecule has 0 saturated heterocycles. The van der Waals surface area contributed by atoms with Crippen molar-refractivity contribution in [2.24, 2.45) is 11.3 Å². The van der Waals surface area contributed by atoms with E-state index in [0.717, 1.165) is 18.9 Å². The van der Waals surface area contributed by atoms with Crippen molar-refractivity contribution in [3.8, 4) is 11.8 Å². The van der Waals surface area contributed by atoms with Gasteiger partial charge in [-0.3, -0.25) is 0 Å². The van der Waals surface area contributed by atoms with Gasteiger partial charge in [0.05, 0.1) is 0 Å². The average molecular weight is 221 g/mol. The van der Waals surface area contributed by atoms with Crippen LogP contribution in [0.4, 0.5) is 0 Å². The maximum absolute atomic E-state index is 3.70. The molecule has 0 bridgehead atoms. The Morgan fingerprint density at radius 3 is 2.69 bits per heavy atom. The van der Waals surface area contributed by atoms with Gasteiger partial charge in [-0.25, -0.2) is 0 Å². The number of hydrogen-bond donors (Lipinski definition) is 1. The van der Waals surface area contributed by atoms with Gasteiger partial charge in [0.15, 0.2) is 0 Å². The summed E-state index contributed by atoms with van der Waals surface area (Å²) in [5.74, 6) is 7.10. The quantitative estimate of drug-likeness (QED) is 0.700. The fourth-order valence-corrected chi connectivity index (χ4v) is 3.00. The van der Waals surface area contributed by atoms with Gasteiger partial charge < -0.3 is 5.32 Å². The molecule has 0 radical (unpaired) electrons. The predicted molar refractivity (Wildman–Crippen MR) is 71.3 cm³/mol. The first-order valence-electron chi connectivity index (χ1n) is 6.74. The molecule has 1 N–H and O–H groups in total. The molecule has 0 aliphatic heterocycles. The number of nitrogens with one attached hydrogen (secondary N) is 1. The van der Waals surface area contributed by atoms with Crippen molar-refractivity contribution in [2.45, 2.75) is 65.8 Å². The van der Waals surface area contributed by atoms with Crippen molar-refractivity contribution in [2.75, 3.05) is 6.54 Å². The van der Waals surface area contributed by atoms with Crippen molar-refractivity contribution in [3.63, 3.8) is 0 Å². The minimum atomic E-state index is 0.501. The molecule has 0 aromatic heterocycles. The van der Waals surface area contributed by atoms with E-state index >= 15 is 0 Å². The van der Waals surface area contributed by atoms with Crippen LogP contribution in [0.3, 0.4) is 0 Å². The first kappa shape index (κ1) is 13.6. The Kier molecular flexibility index (Phi) is 5.35. The topological polar surface area (TPSA) is 12.0 Å². The van der Waals surface area contributed by atoms with Crippen LogP contribution in [0.5, 0.6) is 0 Å². The normalized spacial score (nSPS) is 24.9. The first-order chi connectivity index (χ1) is 7.61. The molecular formula is C15H27N. The summed E-state index contributed by atoms with van der Waals surface area (Å²) in [4.78, 5) is 0. The number of rotatable bonds is 5. The van der Waals surface area contributed by atoms with Crippen molar-refractivity contribution < 1.29 is 0 Å². The molecule has 1 fully saturated rings. The summed E-state index contributed by atoms with van der Waals surface area (Å²) in [5.41, 5.74) is 0.501. The highest BCUT2D eigenvalue weighted by atomic mass is 14.9. The summed E-state index contributed by atoms with van der Waals surface area (Å²) in [6.07, 6.45) is 6.37. The fourth-order valence-electron chi connectivity index (χ4n) is 3.00. The summed E-state index contributed by atoms with van der Waals surface area (Å²) in [5, 5.41) is 3.70. The maximum Gasteiger partial charge on any atom is 0.0246 e. The molecule has 1 aliphatic rings. The third-order valence-corrected chi connectivity index (χ3v) is 3.98. The maximum atomic E-state index is 3.70. The smallest absolute Gasteiger partial charge is 0.0246 e. The molecule has 0 aromatic carbocycles. The van der Waals surface area contributed by atoms with Crippen LogP contribution in [-0.2, 0) is 0 Å². The van der Waals surface area contributed by atoms with E-state index in [1.165, 1.54) is 25.7 Å². The molecule has 1 nitrogen and oxygen atoms in total. The van der Waals surface area contributed by atoms with Gasteiger partial charge in [0.1, 0.15) is 0 Å². The third kappa shape index (κ3) is 3.52. The molecule has 1 saturated carbocycles. The van der Waals surface area contributed by atoms with Crippen LogP contribution in [-0.4, -0.2) is 12.6 Å². The van der Waals surface area contributed by atoms with Gasteiger partial charge >= 0.3 is 0 Å². The molecule has 1 heteroatoms. The first-order valence-corrected chi connectivity index (χ1v) is 6.74. The van der Waals surface area contributed by atoms with Gasteiger partial charge in [-0.2, -0.15) is 0 Å². The molecule has 1 rings (SSSR count). The van der Waals surface area contributed by atoms with Gasteiger partial charge in [-0.1, -0.05) is 27.2 Å². The van der Waals surface area contributed by atoms with Gasteiger partial charge in [0, 0.05) is 12.5 Å². The molecular weight excluding hydrogens is 194 g/mol. The average Bonchev–Trinajstić information content (AvgIpc) is 2.59. The van der Waals surface area contributed by atoms with Crippen LogP contribution in [0.1, 0.15) is 59.8 Å². The second-order valence-electron chi connectivity index (χ2n) is 5.68. The van der Waals surface area contributed by atoms with E-state index in [1.54, 1.807) is 0 Å². The SMILES string of the molecule is CC#CCC(NCCC)C1CCCC1(C)C. The molecule has 2 atom stereocenters. The van der Waals surface area contributed by atoms with Gasteiger partial charge in [0.2, 0.25) is 0 Å². The summed E-state index contributed by atoms with van der Waals surface area (Å²) in [6, 6.07) is 0.602. The van der Waals surface area contributed by atoms with E-state index in [0.29, 0.717) is 11.5 Å². The lowest BCUT2D eigenvalue weighted by Gasteiger charge is -2.34. The number of hydrogen-bond acceptors (Lipinski definition) is 1. The second-order valence-corrected chi connectivity index (χ2v) is 5.68. The standard InChI is InChI=1S/C15H27N/c1-5-7-10-14(16-12-6-2)13-9-8-11-15(13,3)4/h13-14,16H,6,8-12H2,1-4H3. The Labute approximate surface area is 101 Å². The van der Waals surface area contributed by atoms with E-state index in [-0.39, 0.29) is 0 Å². The largest absolute Gasteiger partial charge is 0.313 e. The van der Waals surface area contributed by atoms with Crippen molar-refractivity contribution in [1.29, 1.82) is 0 Å². The Morgan fingerprint density at radius 1 is 1.44 bits per heavy atom.